The number of anilines is 3. The van der Waals surface area contributed by atoms with Crippen LogP contribution in [0, 0.1) is 23.2 Å². The van der Waals surface area contributed by atoms with E-state index in [9.17, 15) is 0 Å². The number of fused-ring (bicyclic) bond motifs is 9. The Morgan fingerprint density at radius 1 is 0.422 bits per heavy atom. The van der Waals surface area contributed by atoms with Crippen molar-refractivity contribution in [2.24, 2.45) is 23.2 Å². The molecular formula is C63H55N. The molecule has 312 valence electrons. The van der Waals surface area contributed by atoms with Crippen LogP contribution in [-0.2, 0) is 16.2 Å². The van der Waals surface area contributed by atoms with E-state index in [4.69, 9.17) is 0 Å². The van der Waals surface area contributed by atoms with Gasteiger partial charge in [0.05, 0.1) is 0 Å². The molecule has 8 aromatic rings. The quantitative estimate of drug-likeness (QED) is 0.161. The molecular weight excluding hydrogens is 771 g/mol. The van der Waals surface area contributed by atoms with Crippen molar-refractivity contribution in [1.82, 2.24) is 0 Å². The van der Waals surface area contributed by atoms with Gasteiger partial charge in [0.2, 0.25) is 0 Å². The van der Waals surface area contributed by atoms with E-state index in [0.717, 1.165) is 23.4 Å². The zero-order chi connectivity index (χ0) is 42.7. The molecule has 0 radical (unpaired) electrons. The fourth-order valence-electron chi connectivity index (χ4n) is 15.3. The summed E-state index contributed by atoms with van der Waals surface area (Å²) < 4.78 is 0. The van der Waals surface area contributed by atoms with Crippen molar-refractivity contribution >= 4 is 27.8 Å². The zero-order valence-corrected chi connectivity index (χ0v) is 37.6. The van der Waals surface area contributed by atoms with Gasteiger partial charge in [0, 0.05) is 27.9 Å². The average Bonchev–Trinajstić information content (AvgIpc) is 3.86. The summed E-state index contributed by atoms with van der Waals surface area (Å²) in [6.45, 7) is 9.63. The number of hydrogen-bond acceptors (Lipinski definition) is 1. The molecule has 4 saturated carbocycles. The predicted molar refractivity (Wildman–Crippen MR) is 267 cm³/mol. The van der Waals surface area contributed by atoms with E-state index in [1.165, 1.54) is 127 Å². The smallest absolute Gasteiger partial charge is 0.0465 e. The highest BCUT2D eigenvalue weighted by Gasteiger charge is 2.70. The van der Waals surface area contributed by atoms with Gasteiger partial charge in [-0.2, -0.15) is 0 Å². The van der Waals surface area contributed by atoms with Gasteiger partial charge in [-0.05, 0) is 193 Å². The van der Waals surface area contributed by atoms with Crippen LogP contribution in [0.4, 0.5) is 17.1 Å². The number of rotatable bonds is 6. The minimum absolute atomic E-state index is 0.0970. The van der Waals surface area contributed by atoms with Gasteiger partial charge in [-0.15, -0.1) is 0 Å². The Hall–Kier alpha value is -6.18. The van der Waals surface area contributed by atoms with Crippen LogP contribution >= 0.6 is 0 Å². The van der Waals surface area contributed by atoms with Gasteiger partial charge in [0.25, 0.3) is 0 Å². The minimum Gasteiger partial charge on any atom is -0.310 e. The third-order valence-corrected chi connectivity index (χ3v) is 18.3. The molecule has 5 unspecified atom stereocenters. The second-order valence-corrected chi connectivity index (χ2v) is 22.0. The standard InChI is InChI=1S/C63H55N/c1-60(2)56-15-8-7-13-52(56)54-28-25-48(33-58(54)60)64(47-23-18-42(19-24-47)51-14-9-11-41-10-5-6-12-50(41)51)49-26-29-55-53-27-20-43(31-57(53)61(3,4)59(55)34-49)40-16-21-44(22-17-40)62-35-39-30-45-32-46(37-62)63(45,36-39)38-62/h5-29,31,33-34,39,45-46H,30,32,35-38H2,1-4H3. The van der Waals surface area contributed by atoms with Gasteiger partial charge in [-0.3, -0.25) is 0 Å². The molecule has 64 heavy (non-hydrogen) atoms. The van der Waals surface area contributed by atoms with E-state index in [-0.39, 0.29) is 10.8 Å². The lowest BCUT2D eigenvalue weighted by molar-refractivity contribution is -0.000160. The summed E-state index contributed by atoms with van der Waals surface area (Å²) in [4.78, 5) is 2.49. The summed E-state index contributed by atoms with van der Waals surface area (Å²) in [5.41, 5.74) is 22.2. The molecule has 0 heterocycles. The first-order chi connectivity index (χ1) is 31.1. The maximum Gasteiger partial charge on any atom is 0.0465 e. The highest BCUT2D eigenvalue weighted by molar-refractivity contribution is 5.97. The first kappa shape index (κ1) is 37.2. The molecule has 1 spiro atoms. The lowest BCUT2D eigenvalue weighted by Gasteiger charge is -2.49. The fourth-order valence-corrected chi connectivity index (χ4v) is 15.3. The van der Waals surface area contributed by atoms with Crippen LogP contribution in [0.25, 0.3) is 55.3 Å². The third kappa shape index (κ3) is 4.96. The van der Waals surface area contributed by atoms with Gasteiger partial charge in [0.1, 0.15) is 0 Å². The normalized spacial score (nSPS) is 25.3. The predicted octanol–water partition coefficient (Wildman–Crippen LogP) is 16.7. The van der Waals surface area contributed by atoms with E-state index in [1.54, 1.807) is 5.56 Å². The van der Waals surface area contributed by atoms with Crippen LogP contribution in [0.15, 0.2) is 170 Å². The van der Waals surface area contributed by atoms with Crippen molar-refractivity contribution in [2.75, 3.05) is 4.90 Å². The Balaban J connectivity index is 0.834. The van der Waals surface area contributed by atoms with Gasteiger partial charge in [-0.25, -0.2) is 0 Å². The van der Waals surface area contributed by atoms with Gasteiger partial charge in [-0.1, -0.05) is 155 Å². The molecule has 1 nitrogen and oxygen atoms in total. The molecule has 0 N–H and O–H groups in total. The van der Waals surface area contributed by atoms with Gasteiger partial charge >= 0.3 is 0 Å². The molecule has 0 saturated heterocycles. The number of hydrogen-bond donors (Lipinski definition) is 0. The van der Waals surface area contributed by atoms with Crippen molar-refractivity contribution in [3.8, 4) is 44.5 Å². The van der Waals surface area contributed by atoms with E-state index in [0.29, 0.717) is 10.8 Å². The van der Waals surface area contributed by atoms with E-state index in [1.807, 2.05) is 0 Å². The van der Waals surface area contributed by atoms with E-state index < -0.39 is 0 Å². The molecule has 0 amide bonds. The minimum atomic E-state index is -0.165. The van der Waals surface area contributed by atoms with Crippen molar-refractivity contribution in [2.45, 2.75) is 82.5 Å². The summed E-state index contributed by atoms with van der Waals surface area (Å²) in [6.07, 6.45) is 8.91. The maximum atomic E-state index is 2.53. The van der Waals surface area contributed by atoms with Crippen LogP contribution in [0.5, 0.6) is 0 Å². The largest absolute Gasteiger partial charge is 0.310 e. The van der Waals surface area contributed by atoms with Crippen molar-refractivity contribution < 1.29 is 0 Å². The number of benzene rings is 8. The Bertz CT molecular complexity index is 3250. The topological polar surface area (TPSA) is 3.24 Å². The van der Waals surface area contributed by atoms with E-state index >= 15 is 0 Å². The lowest BCUT2D eigenvalue weighted by atomic mass is 9.55. The van der Waals surface area contributed by atoms with E-state index in [2.05, 4.69) is 202 Å². The Kier molecular flexibility index (Phi) is 7.42. The molecule has 14 rings (SSSR count). The molecule has 8 aromatic carbocycles. The SMILES string of the molecule is CC1(C)c2ccccc2-c2ccc(N(c3ccc(-c4cccc5ccccc45)cc3)c3ccc4c(c3)C(C)(C)c3cc(-c5ccc(C67CC8CC9CC(C6)C9(C8)C7)cc5)ccc3-4)cc21. The Morgan fingerprint density at radius 3 is 1.77 bits per heavy atom. The Morgan fingerprint density at radius 2 is 1.00 bits per heavy atom. The molecule has 0 aromatic heterocycles. The van der Waals surface area contributed by atoms with Gasteiger partial charge < -0.3 is 4.90 Å². The van der Waals surface area contributed by atoms with Crippen molar-refractivity contribution in [3.05, 3.63) is 198 Å². The summed E-state index contributed by atoms with van der Waals surface area (Å²) in [6, 6.07) is 65.2. The highest BCUT2D eigenvalue weighted by atomic mass is 15.1. The fraction of sp³-hybridized carbons (Fsp3) is 0.270. The molecule has 6 aliphatic rings. The first-order valence-electron chi connectivity index (χ1n) is 24.1. The zero-order valence-electron chi connectivity index (χ0n) is 37.6. The first-order valence-corrected chi connectivity index (χ1v) is 24.1. The van der Waals surface area contributed by atoms with Crippen LogP contribution in [0.2, 0.25) is 0 Å². The van der Waals surface area contributed by atoms with Crippen LogP contribution in [-0.4, -0.2) is 0 Å². The molecule has 4 fully saturated rings. The summed E-state index contributed by atoms with van der Waals surface area (Å²) in [5.74, 6) is 3.01. The summed E-state index contributed by atoms with van der Waals surface area (Å²) in [7, 11) is 0. The molecule has 6 aliphatic carbocycles. The molecule has 5 atom stereocenters. The summed E-state index contributed by atoms with van der Waals surface area (Å²) >= 11 is 0. The second kappa shape index (κ2) is 12.8. The highest BCUT2D eigenvalue weighted by Crippen LogP contribution is 2.79. The van der Waals surface area contributed by atoms with Gasteiger partial charge in [0.15, 0.2) is 0 Å². The number of nitrogens with zero attached hydrogens (tertiary/aromatic N) is 1. The molecule has 0 aliphatic heterocycles. The van der Waals surface area contributed by atoms with Crippen LogP contribution in [0.1, 0.15) is 94.0 Å². The van der Waals surface area contributed by atoms with Crippen LogP contribution < -0.4 is 4.90 Å². The molecule has 3 bridgehead atoms. The third-order valence-electron chi connectivity index (χ3n) is 18.3. The maximum absolute atomic E-state index is 2.53. The Labute approximate surface area is 378 Å². The second-order valence-electron chi connectivity index (χ2n) is 22.0. The van der Waals surface area contributed by atoms with Crippen molar-refractivity contribution in [1.29, 1.82) is 0 Å². The lowest BCUT2D eigenvalue weighted by Crippen LogP contribution is -2.42. The average molecular weight is 826 g/mol. The van der Waals surface area contributed by atoms with Crippen LogP contribution in [0.3, 0.4) is 0 Å². The van der Waals surface area contributed by atoms with Crippen molar-refractivity contribution in [3.63, 3.8) is 0 Å². The molecule has 1 heteroatoms. The monoisotopic (exact) mass is 825 g/mol. The summed E-state index contributed by atoms with van der Waals surface area (Å²) in [5, 5.41) is 2.55.